The van der Waals surface area contributed by atoms with Crippen molar-refractivity contribution in [1.29, 1.82) is 0 Å². The zero-order valence-electron chi connectivity index (χ0n) is 14.5. The highest BCUT2D eigenvalue weighted by atomic mass is 79.9. The lowest BCUT2D eigenvalue weighted by atomic mass is 10.1. The lowest BCUT2D eigenvalue weighted by molar-refractivity contribution is -0.140. The molecule has 0 aliphatic heterocycles. The van der Waals surface area contributed by atoms with Crippen molar-refractivity contribution in [1.82, 2.24) is 10.2 Å². The van der Waals surface area contributed by atoms with Crippen molar-refractivity contribution < 1.29 is 9.59 Å². The Kier molecular flexibility index (Phi) is 7.19. The largest absolute Gasteiger partial charge is 0.355 e. The standard InChI is InChI=1S/C20H23BrN2O2/c1-3-22-20(25)15(2)23(14-17-9-11-18(21)12-10-17)19(24)13-16-7-5-4-6-8-16/h4-12,15H,3,13-14H2,1-2H3,(H,22,25)/t15-/m1/s1. The van der Waals surface area contributed by atoms with Gasteiger partial charge in [-0.05, 0) is 37.1 Å². The third-order valence-corrected chi connectivity index (χ3v) is 4.51. The number of carbonyl (C=O) groups excluding carboxylic acids is 2. The van der Waals surface area contributed by atoms with Crippen LogP contribution in [0.2, 0.25) is 0 Å². The molecule has 1 N–H and O–H groups in total. The first-order chi connectivity index (χ1) is 12.0. The van der Waals surface area contributed by atoms with Crippen molar-refractivity contribution >= 4 is 27.7 Å². The summed E-state index contributed by atoms with van der Waals surface area (Å²) in [4.78, 5) is 26.8. The Hall–Kier alpha value is -2.14. The summed E-state index contributed by atoms with van der Waals surface area (Å²) in [7, 11) is 0. The zero-order valence-corrected chi connectivity index (χ0v) is 16.1. The number of nitrogens with zero attached hydrogens (tertiary/aromatic N) is 1. The highest BCUT2D eigenvalue weighted by molar-refractivity contribution is 9.10. The number of rotatable bonds is 7. The van der Waals surface area contributed by atoms with Crippen molar-refractivity contribution in [3.05, 3.63) is 70.2 Å². The summed E-state index contributed by atoms with van der Waals surface area (Å²) < 4.78 is 0.982. The summed E-state index contributed by atoms with van der Waals surface area (Å²) in [5, 5.41) is 2.80. The van der Waals surface area contributed by atoms with Crippen LogP contribution in [0.15, 0.2) is 59.1 Å². The first-order valence-electron chi connectivity index (χ1n) is 8.36. The smallest absolute Gasteiger partial charge is 0.242 e. The van der Waals surface area contributed by atoms with Gasteiger partial charge < -0.3 is 10.2 Å². The predicted octanol–water partition coefficient (Wildman–Crippen LogP) is 3.55. The van der Waals surface area contributed by atoms with Crippen LogP contribution in [-0.4, -0.2) is 29.3 Å². The van der Waals surface area contributed by atoms with Gasteiger partial charge >= 0.3 is 0 Å². The molecule has 0 bridgehead atoms. The van der Waals surface area contributed by atoms with Gasteiger partial charge in [-0.25, -0.2) is 0 Å². The molecule has 0 radical (unpaired) electrons. The van der Waals surface area contributed by atoms with Crippen LogP contribution in [0.3, 0.4) is 0 Å². The average Bonchev–Trinajstić information content (AvgIpc) is 2.61. The molecule has 2 rings (SSSR count). The van der Waals surface area contributed by atoms with Crippen molar-refractivity contribution in [2.45, 2.75) is 32.9 Å². The average molecular weight is 403 g/mol. The molecule has 0 aliphatic rings. The van der Waals surface area contributed by atoms with E-state index in [-0.39, 0.29) is 18.2 Å². The van der Waals surface area contributed by atoms with E-state index in [1.165, 1.54) is 0 Å². The SMILES string of the molecule is CCNC(=O)[C@@H](C)N(Cc1ccc(Br)cc1)C(=O)Cc1ccccc1. The van der Waals surface area contributed by atoms with Gasteiger partial charge in [0, 0.05) is 17.6 Å². The first-order valence-corrected chi connectivity index (χ1v) is 9.16. The Bertz CT molecular complexity index is 701. The van der Waals surface area contributed by atoms with Crippen molar-refractivity contribution in [3.63, 3.8) is 0 Å². The number of carbonyl (C=O) groups is 2. The Morgan fingerprint density at radius 1 is 1.04 bits per heavy atom. The quantitative estimate of drug-likeness (QED) is 0.769. The van der Waals surface area contributed by atoms with Crippen LogP contribution in [-0.2, 0) is 22.6 Å². The van der Waals surface area contributed by atoms with E-state index < -0.39 is 6.04 Å². The minimum Gasteiger partial charge on any atom is -0.355 e. The molecule has 0 aromatic heterocycles. The molecule has 25 heavy (non-hydrogen) atoms. The van der Waals surface area contributed by atoms with E-state index >= 15 is 0 Å². The van der Waals surface area contributed by atoms with Gasteiger partial charge in [0.25, 0.3) is 0 Å². The van der Waals surface area contributed by atoms with Gasteiger partial charge in [0.05, 0.1) is 6.42 Å². The molecule has 0 spiro atoms. The fourth-order valence-corrected chi connectivity index (χ4v) is 2.83. The minimum absolute atomic E-state index is 0.0622. The van der Waals surface area contributed by atoms with Gasteiger partial charge in [-0.1, -0.05) is 58.4 Å². The first kappa shape index (κ1) is 19.2. The van der Waals surface area contributed by atoms with E-state index in [0.717, 1.165) is 15.6 Å². The highest BCUT2D eigenvalue weighted by Gasteiger charge is 2.25. The number of benzene rings is 2. The molecule has 0 unspecified atom stereocenters. The predicted molar refractivity (Wildman–Crippen MR) is 103 cm³/mol. The molecule has 0 fully saturated rings. The molecule has 1 atom stereocenters. The van der Waals surface area contributed by atoms with E-state index in [9.17, 15) is 9.59 Å². The van der Waals surface area contributed by atoms with E-state index in [1.807, 2.05) is 61.5 Å². The number of halogens is 1. The maximum absolute atomic E-state index is 12.9. The molecule has 0 heterocycles. The Labute approximate surface area is 157 Å². The van der Waals surface area contributed by atoms with Crippen LogP contribution >= 0.6 is 15.9 Å². The molecular formula is C20H23BrN2O2. The van der Waals surface area contributed by atoms with Crippen molar-refractivity contribution in [2.75, 3.05) is 6.54 Å². The van der Waals surface area contributed by atoms with Crippen LogP contribution in [0.25, 0.3) is 0 Å². The maximum atomic E-state index is 12.9. The minimum atomic E-state index is -0.528. The van der Waals surface area contributed by atoms with Gasteiger partial charge in [-0.15, -0.1) is 0 Å². The van der Waals surface area contributed by atoms with Crippen LogP contribution in [0.4, 0.5) is 0 Å². The number of likely N-dealkylation sites (N-methyl/N-ethyl adjacent to an activating group) is 1. The van der Waals surface area contributed by atoms with Crippen molar-refractivity contribution in [3.8, 4) is 0 Å². The Balaban J connectivity index is 2.19. The highest BCUT2D eigenvalue weighted by Crippen LogP contribution is 2.15. The molecule has 0 aliphatic carbocycles. The summed E-state index contributed by atoms with van der Waals surface area (Å²) in [6, 6.07) is 16.8. The van der Waals surface area contributed by atoms with Crippen LogP contribution in [0.1, 0.15) is 25.0 Å². The third-order valence-electron chi connectivity index (χ3n) is 3.98. The summed E-state index contributed by atoms with van der Waals surface area (Å²) >= 11 is 3.41. The Morgan fingerprint density at radius 2 is 1.68 bits per heavy atom. The van der Waals surface area contributed by atoms with Crippen molar-refractivity contribution in [2.24, 2.45) is 0 Å². The van der Waals surface area contributed by atoms with Crippen LogP contribution in [0.5, 0.6) is 0 Å². The Morgan fingerprint density at radius 3 is 2.28 bits per heavy atom. The van der Waals surface area contributed by atoms with Gasteiger partial charge in [-0.2, -0.15) is 0 Å². The lowest BCUT2D eigenvalue weighted by Gasteiger charge is -2.29. The number of amides is 2. The molecule has 0 saturated heterocycles. The summed E-state index contributed by atoms with van der Waals surface area (Å²) in [6.07, 6.45) is 0.279. The summed E-state index contributed by atoms with van der Waals surface area (Å²) in [5.74, 6) is -0.200. The molecule has 132 valence electrons. The fraction of sp³-hybridized carbons (Fsp3) is 0.300. The molecular weight excluding hydrogens is 380 g/mol. The van der Waals surface area contributed by atoms with Gasteiger partial charge in [0.1, 0.15) is 6.04 Å². The number of hydrogen-bond donors (Lipinski definition) is 1. The van der Waals surface area contributed by atoms with Gasteiger partial charge in [-0.3, -0.25) is 9.59 Å². The monoisotopic (exact) mass is 402 g/mol. The van der Waals surface area contributed by atoms with Gasteiger partial charge in [0.15, 0.2) is 0 Å². The van der Waals surface area contributed by atoms with E-state index in [0.29, 0.717) is 13.1 Å². The second kappa shape index (κ2) is 9.37. The molecule has 2 aromatic carbocycles. The van der Waals surface area contributed by atoms with Crippen LogP contribution < -0.4 is 5.32 Å². The number of nitrogens with one attached hydrogen (secondary N) is 1. The van der Waals surface area contributed by atoms with E-state index in [1.54, 1.807) is 11.8 Å². The van der Waals surface area contributed by atoms with E-state index in [4.69, 9.17) is 0 Å². The fourth-order valence-electron chi connectivity index (χ4n) is 2.56. The van der Waals surface area contributed by atoms with E-state index in [2.05, 4.69) is 21.2 Å². The lowest BCUT2D eigenvalue weighted by Crippen LogP contribution is -2.48. The maximum Gasteiger partial charge on any atom is 0.242 e. The normalized spacial score (nSPS) is 11.6. The third kappa shape index (κ3) is 5.71. The number of hydrogen-bond acceptors (Lipinski definition) is 2. The molecule has 0 saturated carbocycles. The molecule has 2 aromatic rings. The second-order valence-corrected chi connectivity index (χ2v) is 6.80. The summed E-state index contributed by atoms with van der Waals surface area (Å²) in [6.45, 7) is 4.58. The van der Waals surface area contributed by atoms with Gasteiger partial charge in [0.2, 0.25) is 11.8 Å². The zero-order chi connectivity index (χ0) is 18.2. The summed E-state index contributed by atoms with van der Waals surface area (Å²) in [5.41, 5.74) is 1.93. The second-order valence-electron chi connectivity index (χ2n) is 5.88. The molecule has 5 heteroatoms. The van der Waals surface area contributed by atoms with Crippen LogP contribution in [0, 0.1) is 0 Å². The molecule has 4 nitrogen and oxygen atoms in total. The molecule has 2 amide bonds. The topological polar surface area (TPSA) is 49.4 Å².